The number of furan rings is 1. The van der Waals surface area contributed by atoms with Crippen LogP contribution in [0.2, 0.25) is 0 Å². The molecule has 0 unspecified atom stereocenters. The summed E-state index contributed by atoms with van der Waals surface area (Å²) in [6.07, 6.45) is 0. The van der Waals surface area contributed by atoms with Crippen molar-refractivity contribution in [1.82, 2.24) is 0 Å². The van der Waals surface area contributed by atoms with Crippen molar-refractivity contribution in [3.63, 3.8) is 0 Å². The monoisotopic (exact) mass is 416 g/mol. The Morgan fingerprint density at radius 2 is 1.58 bits per heavy atom. The van der Waals surface area contributed by atoms with Crippen LogP contribution in [-0.4, -0.2) is 26.0 Å². The smallest absolute Gasteiger partial charge is 0.291 e. The maximum Gasteiger partial charge on any atom is 0.291 e. The fourth-order valence-corrected chi connectivity index (χ4v) is 3.10. The van der Waals surface area contributed by atoms with Gasteiger partial charge in [-0.3, -0.25) is 9.59 Å². The number of para-hydroxylation sites is 1. The van der Waals surface area contributed by atoms with Crippen LogP contribution in [0.25, 0.3) is 11.0 Å². The van der Waals surface area contributed by atoms with Crippen molar-refractivity contribution in [2.45, 2.75) is 0 Å². The van der Waals surface area contributed by atoms with Gasteiger partial charge in [-0.05, 0) is 48.5 Å². The number of nitrogens with one attached hydrogen (secondary N) is 2. The Bertz CT molecular complexity index is 1210. The van der Waals surface area contributed by atoms with E-state index in [0.29, 0.717) is 34.0 Å². The van der Waals surface area contributed by atoms with Crippen molar-refractivity contribution in [2.24, 2.45) is 0 Å². The van der Waals surface area contributed by atoms with Crippen LogP contribution in [0, 0.1) is 0 Å². The van der Waals surface area contributed by atoms with Crippen LogP contribution in [0.15, 0.2) is 77.2 Å². The van der Waals surface area contributed by atoms with Crippen molar-refractivity contribution in [2.75, 3.05) is 24.9 Å². The lowest BCUT2D eigenvalue weighted by Crippen LogP contribution is -2.13. The molecule has 0 aliphatic carbocycles. The first-order chi connectivity index (χ1) is 15.1. The van der Waals surface area contributed by atoms with Crippen molar-refractivity contribution in [1.29, 1.82) is 0 Å². The van der Waals surface area contributed by atoms with Gasteiger partial charge >= 0.3 is 0 Å². The maximum atomic E-state index is 12.6. The highest BCUT2D eigenvalue weighted by molar-refractivity contribution is 6.06. The Hall–Kier alpha value is -4.26. The molecule has 7 nitrogen and oxygen atoms in total. The lowest BCUT2D eigenvalue weighted by atomic mass is 10.2. The van der Waals surface area contributed by atoms with Gasteiger partial charge in [-0.1, -0.05) is 18.2 Å². The molecule has 4 aromatic rings. The molecule has 0 saturated heterocycles. The normalized spacial score (nSPS) is 10.5. The molecule has 0 saturated carbocycles. The second kappa shape index (κ2) is 8.62. The number of amides is 2. The summed E-state index contributed by atoms with van der Waals surface area (Å²) in [6.45, 7) is 0. The number of methoxy groups -OCH3 is 2. The van der Waals surface area contributed by atoms with E-state index in [2.05, 4.69) is 10.6 Å². The second-order valence-electron chi connectivity index (χ2n) is 6.70. The van der Waals surface area contributed by atoms with Crippen molar-refractivity contribution >= 4 is 34.2 Å². The Morgan fingerprint density at radius 3 is 2.29 bits per heavy atom. The average Bonchev–Trinajstić information content (AvgIpc) is 3.24. The molecule has 1 heterocycles. The van der Waals surface area contributed by atoms with Crippen molar-refractivity contribution < 1.29 is 23.5 Å². The van der Waals surface area contributed by atoms with E-state index < -0.39 is 5.91 Å². The van der Waals surface area contributed by atoms with Crippen LogP contribution in [0.3, 0.4) is 0 Å². The number of fused-ring (bicyclic) bond motifs is 1. The third kappa shape index (κ3) is 4.35. The molecule has 3 aromatic carbocycles. The molecule has 156 valence electrons. The van der Waals surface area contributed by atoms with E-state index in [9.17, 15) is 9.59 Å². The summed E-state index contributed by atoms with van der Waals surface area (Å²) in [6, 6.07) is 20.8. The second-order valence-corrected chi connectivity index (χ2v) is 6.70. The van der Waals surface area contributed by atoms with Crippen molar-refractivity contribution in [3.05, 3.63) is 84.1 Å². The minimum atomic E-state index is -0.399. The Balaban J connectivity index is 1.49. The SMILES string of the molecule is COc1ccc(C(=O)Nc2ccc(NC(=O)c3cc4ccccc4o3)c(OC)c2)cc1. The topological polar surface area (TPSA) is 89.8 Å². The minimum Gasteiger partial charge on any atom is -0.497 e. The highest BCUT2D eigenvalue weighted by atomic mass is 16.5. The van der Waals surface area contributed by atoms with Gasteiger partial charge in [0.2, 0.25) is 0 Å². The number of hydrogen-bond donors (Lipinski definition) is 2. The van der Waals surface area contributed by atoms with Crippen LogP contribution < -0.4 is 20.1 Å². The third-order valence-corrected chi connectivity index (χ3v) is 4.71. The molecular weight excluding hydrogens is 396 g/mol. The molecule has 2 amide bonds. The van der Waals surface area contributed by atoms with E-state index in [1.165, 1.54) is 7.11 Å². The van der Waals surface area contributed by atoms with Gasteiger partial charge in [-0.15, -0.1) is 0 Å². The predicted molar refractivity (Wildman–Crippen MR) is 118 cm³/mol. The summed E-state index contributed by atoms with van der Waals surface area (Å²) in [5.74, 6) is 0.591. The van der Waals surface area contributed by atoms with E-state index in [-0.39, 0.29) is 11.7 Å². The highest BCUT2D eigenvalue weighted by Crippen LogP contribution is 2.29. The van der Waals surface area contributed by atoms with Gasteiger partial charge in [-0.2, -0.15) is 0 Å². The van der Waals surface area contributed by atoms with Gasteiger partial charge in [0.25, 0.3) is 11.8 Å². The predicted octanol–water partition coefficient (Wildman–Crippen LogP) is 4.95. The molecule has 0 aliphatic rings. The first kappa shape index (κ1) is 20.0. The van der Waals surface area contributed by atoms with Gasteiger partial charge < -0.3 is 24.5 Å². The molecular formula is C24H20N2O5. The number of anilines is 2. The molecule has 7 heteroatoms. The molecule has 0 bridgehead atoms. The number of carbonyl (C=O) groups is 2. The molecule has 1 aromatic heterocycles. The van der Waals surface area contributed by atoms with E-state index in [0.717, 1.165) is 5.39 Å². The fourth-order valence-electron chi connectivity index (χ4n) is 3.10. The summed E-state index contributed by atoms with van der Waals surface area (Å²) in [4.78, 5) is 25.1. The van der Waals surface area contributed by atoms with Crippen LogP contribution in [0.4, 0.5) is 11.4 Å². The van der Waals surface area contributed by atoms with Crippen LogP contribution >= 0.6 is 0 Å². The molecule has 0 radical (unpaired) electrons. The number of rotatable bonds is 6. The van der Waals surface area contributed by atoms with Crippen LogP contribution in [-0.2, 0) is 0 Å². The summed E-state index contributed by atoms with van der Waals surface area (Å²) >= 11 is 0. The first-order valence-electron chi connectivity index (χ1n) is 9.51. The highest BCUT2D eigenvalue weighted by Gasteiger charge is 2.15. The number of carbonyl (C=O) groups excluding carboxylic acids is 2. The average molecular weight is 416 g/mol. The summed E-state index contributed by atoms with van der Waals surface area (Å²) in [7, 11) is 3.05. The molecule has 0 aliphatic heterocycles. The lowest BCUT2D eigenvalue weighted by molar-refractivity contribution is 0.0996. The molecule has 0 fully saturated rings. The van der Waals surface area contributed by atoms with Crippen LogP contribution in [0.1, 0.15) is 20.9 Å². The quantitative estimate of drug-likeness (QED) is 0.464. The van der Waals surface area contributed by atoms with E-state index >= 15 is 0 Å². The van der Waals surface area contributed by atoms with Gasteiger partial charge in [0.1, 0.15) is 17.1 Å². The summed E-state index contributed by atoms with van der Waals surface area (Å²) in [5.41, 5.74) is 2.10. The number of ether oxygens (including phenoxy) is 2. The zero-order valence-corrected chi connectivity index (χ0v) is 17.0. The van der Waals surface area contributed by atoms with Gasteiger partial charge in [0.15, 0.2) is 5.76 Å². The third-order valence-electron chi connectivity index (χ3n) is 4.71. The number of benzene rings is 3. The largest absolute Gasteiger partial charge is 0.497 e. The zero-order valence-electron chi connectivity index (χ0n) is 17.0. The Labute approximate surface area is 178 Å². The molecule has 0 spiro atoms. The van der Waals surface area contributed by atoms with E-state index in [1.54, 1.807) is 61.7 Å². The van der Waals surface area contributed by atoms with Gasteiger partial charge in [-0.25, -0.2) is 0 Å². The first-order valence-corrected chi connectivity index (χ1v) is 9.51. The Kier molecular flexibility index (Phi) is 5.57. The van der Waals surface area contributed by atoms with Gasteiger partial charge in [0.05, 0.1) is 19.9 Å². The van der Waals surface area contributed by atoms with Crippen molar-refractivity contribution in [3.8, 4) is 11.5 Å². The van der Waals surface area contributed by atoms with Gasteiger partial charge in [0, 0.05) is 22.7 Å². The molecule has 0 atom stereocenters. The summed E-state index contributed by atoms with van der Waals surface area (Å²) < 4.78 is 16.1. The fraction of sp³-hybridized carbons (Fsp3) is 0.0833. The number of hydrogen-bond acceptors (Lipinski definition) is 5. The molecule has 31 heavy (non-hydrogen) atoms. The zero-order chi connectivity index (χ0) is 21.8. The molecule has 4 rings (SSSR count). The standard InChI is InChI=1S/C24H20N2O5/c1-29-18-10-7-15(8-11-18)23(27)25-17-9-12-19(21(14-17)30-2)26-24(28)22-13-16-5-3-4-6-20(16)31-22/h3-14H,1-2H3,(H,25,27)(H,26,28). The maximum absolute atomic E-state index is 12.6. The lowest BCUT2D eigenvalue weighted by Gasteiger charge is -2.12. The minimum absolute atomic E-state index is 0.195. The van der Waals surface area contributed by atoms with E-state index in [4.69, 9.17) is 13.9 Å². The summed E-state index contributed by atoms with van der Waals surface area (Å²) in [5, 5.41) is 6.43. The molecule has 2 N–H and O–H groups in total. The van der Waals surface area contributed by atoms with E-state index in [1.807, 2.05) is 18.2 Å². The Morgan fingerprint density at radius 1 is 0.806 bits per heavy atom. The van der Waals surface area contributed by atoms with Crippen LogP contribution in [0.5, 0.6) is 11.5 Å².